The van der Waals surface area contributed by atoms with Crippen molar-refractivity contribution < 1.29 is 5.11 Å². The first-order valence-corrected chi connectivity index (χ1v) is 3.93. The predicted octanol–water partition coefficient (Wildman–Crippen LogP) is 1.80. The van der Waals surface area contributed by atoms with Crippen LogP contribution < -0.4 is 0 Å². The summed E-state index contributed by atoms with van der Waals surface area (Å²) in [6, 6.07) is 0. The molecule has 0 aliphatic heterocycles. The van der Waals surface area contributed by atoms with Gasteiger partial charge in [0.15, 0.2) is 0 Å². The van der Waals surface area contributed by atoms with Gasteiger partial charge in [-0.1, -0.05) is 20.3 Å². The van der Waals surface area contributed by atoms with Crippen LogP contribution in [0.2, 0.25) is 0 Å². The number of aliphatic hydroxyl groups excluding tert-OH is 1. The molecule has 1 nitrogen and oxygen atoms in total. The smallest absolute Gasteiger partial charge is 0.0571 e. The van der Waals surface area contributed by atoms with Crippen LogP contribution in [-0.4, -0.2) is 11.2 Å². The Bertz CT molecular complexity index is 90.6. The fourth-order valence-electron chi connectivity index (χ4n) is 1.47. The Labute approximate surface area is 57.1 Å². The van der Waals surface area contributed by atoms with Gasteiger partial charge in [-0.3, -0.25) is 0 Å². The fraction of sp³-hybridized carbons (Fsp3) is 1.00. The van der Waals surface area contributed by atoms with Crippen LogP contribution in [0.25, 0.3) is 0 Å². The lowest BCUT2D eigenvalue weighted by molar-refractivity contribution is -0.00639. The van der Waals surface area contributed by atoms with Gasteiger partial charge in [0.05, 0.1) is 6.10 Å². The van der Waals surface area contributed by atoms with Crippen molar-refractivity contribution in [1.82, 2.24) is 0 Å². The molecule has 1 aliphatic rings. The normalized spacial score (nSPS) is 37.7. The molecule has 0 aromatic carbocycles. The lowest BCUT2D eigenvalue weighted by Gasteiger charge is -2.36. The Kier molecular flexibility index (Phi) is 2.12. The Morgan fingerprint density at radius 3 is 2.33 bits per heavy atom. The molecule has 0 aromatic heterocycles. The first-order chi connectivity index (χ1) is 4.25. The maximum Gasteiger partial charge on any atom is 0.0571 e. The van der Waals surface area contributed by atoms with Gasteiger partial charge in [0, 0.05) is 0 Å². The van der Waals surface area contributed by atoms with E-state index in [9.17, 15) is 5.11 Å². The third-order valence-corrected chi connectivity index (χ3v) is 2.66. The van der Waals surface area contributed by atoms with E-state index in [1.165, 1.54) is 12.8 Å². The van der Waals surface area contributed by atoms with E-state index in [4.69, 9.17) is 0 Å². The summed E-state index contributed by atoms with van der Waals surface area (Å²) in [7, 11) is 0. The molecule has 1 N–H and O–H groups in total. The Balaban J connectivity index is 2.25. The zero-order valence-corrected chi connectivity index (χ0v) is 6.30. The minimum Gasteiger partial charge on any atom is -0.393 e. The molecule has 0 amide bonds. The maximum absolute atomic E-state index is 9.21. The van der Waals surface area contributed by atoms with Crippen LogP contribution in [0.5, 0.6) is 0 Å². The third kappa shape index (κ3) is 1.26. The quantitative estimate of drug-likeness (QED) is 0.601. The number of rotatable bonds is 2. The van der Waals surface area contributed by atoms with Crippen molar-refractivity contribution in [2.75, 3.05) is 0 Å². The van der Waals surface area contributed by atoms with Crippen LogP contribution >= 0.6 is 0 Å². The van der Waals surface area contributed by atoms with E-state index in [-0.39, 0.29) is 6.10 Å². The second kappa shape index (κ2) is 2.70. The second-order valence-corrected chi connectivity index (χ2v) is 3.19. The van der Waals surface area contributed by atoms with E-state index < -0.39 is 0 Å². The predicted molar refractivity (Wildman–Crippen MR) is 38.2 cm³/mol. The molecule has 1 aliphatic carbocycles. The van der Waals surface area contributed by atoms with Gasteiger partial charge in [-0.15, -0.1) is 0 Å². The second-order valence-electron chi connectivity index (χ2n) is 3.19. The summed E-state index contributed by atoms with van der Waals surface area (Å²) in [5, 5.41) is 9.21. The summed E-state index contributed by atoms with van der Waals surface area (Å²) in [6.45, 7) is 4.42. The van der Waals surface area contributed by atoms with Crippen molar-refractivity contribution in [3.8, 4) is 0 Å². The molecule has 1 saturated carbocycles. The Hall–Kier alpha value is -0.0400. The van der Waals surface area contributed by atoms with E-state index in [0.29, 0.717) is 5.92 Å². The van der Waals surface area contributed by atoms with Gasteiger partial charge >= 0.3 is 0 Å². The van der Waals surface area contributed by atoms with Gasteiger partial charge in [0.25, 0.3) is 0 Å². The van der Waals surface area contributed by atoms with Crippen LogP contribution in [0.3, 0.4) is 0 Å². The van der Waals surface area contributed by atoms with Crippen molar-refractivity contribution in [2.24, 2.45) is 11.8 Å². The molecule has 9 heavy (non-hydrogen) atoms. The molecular formula is C8H16O. The first kappa shape index (κ1) is 7.07. The molecule has 0 bridgehead atoms. The molecule has 1 fully saturated rings. The van der Waals surface area contributed by atoms with Crippen LogP contribution in [0.15, 0.2) is 0 Å². The van der Waals surface area contributed by atoms with Crippen LogP contribution in [0.4, 0.5) is 0 Å². The molecule has 0 aromatic rings. The van der Waals surface area contributed by atoms with Gasteiger partial charge in [0.2, 0.25) is 0 Å². The van der Waals surface area contributed by atoms with Crippen LogP contribution in [0.1, 0.15) is 33.1 Å². The zero-order chi connectivity index (χ0) is 6.85. The zero-order valence-electron chi connectivity index (χ0n) is 6.30. The molecule has 3 atom stereocenters. The highest BCUT2D eigenvalue weighted by Crippen LogP contribution is 2.34. The minimum absolute atomic E-state index is 0.0277. The van der Waals surface area contributed by atoms with Gasteiger partial charge < -0.3 is 5.11 Å². The van der Waals surface area contributed by atoms with Gasteiger partial charge in [-0.25, -0.2) is 0 Å². The van der Waals surface area contributed by atoms with Crippen LogP contribution in [0, 0.1) is 11.8 Å². The van der Waals surface area contributed by atoms with Crippen LogP contribution in [-0.2, 0) is 0 Å². The lowest BCUT2D eigenvalue weighted by atomic mass is 9.73. The standard InChI is InChI=1S/C8H16O/c1-3-6(2)7-4-5-8(7)9/h6-9H,3-5H2,1-2H3. The summed E-state index contributed by atoms with van der Waals surface area (Å²) >= 11 is 0. The van der Waals surface area contributed by atoms with Crippen molar-refractivity contribution in [3.05, 3.63) is 0 Å². The van der Waals surface area contributed by atoms with Crippen molar-refractivity contribution in [1.29, 1.82) is 0 Å². The molecule has 54 valence electrons. The molecule has 1 heteroatoms. The van der Waals surface area contributed by atoms with Crippen molar-refractivity contribution >= 4 is 0 Å². The van der Waals surface area contributed by atoms with E-state index in [1.54, 1.807) is 0 Å². The number of aliphatic hydroxyl groups is 1. The first-order valence-electron chi connectivity index (χ1n) is 3.93. The van der Waals surface area contributed by atoms with Crippen molar-refractivity contribution in [3.63, 3.8) is 0 Å². The summed E-state index contributed by atoms with van der Waals surface area (Å²) in [4.78, 5) is 0. The Morgan fingerprint density at radius 1 is 1.56 bits per heavy atom. The number of hydrogen-bond donors (Lipinski definition) is 1. The SMILES string of the molecule is CCC(C)C1CCC1O. The third-order valence-electron chi connectivity index (χ3n) is 2.66. The fourth-order valence-corrected chi connectivity index (χ4v) is 1.47. The monoisotopic (exact) mass is 128 g/mol. The summed E-state index contributed by atoms with van der Waals surface area (Å²) < 4.78 is 0. The average Bonchev–Trinajstić information content (AvgIpc) is 1.84. The topological polar surface area (TPSA) is 20.2 Å². The van der Waals surface area contributed by atoms with E-state index in [0.717, 1.165) is 12.3 Å². The highest BCUT2D eigenvalue weighted by atomic mass is 16.3. The van der Waals surface area contributed by atoms with Gasteiger partial charge in [0.1, 0.15) is 0 Å². The van der Waals surface area contributed by atoms with E-state index in [2.05, 4.69) is 13.8 Å². The molecule has 0 saturated heterocycles. The highest BCUT2D eigenvalue weighted by molar-refractivity contribution is 4.82. The minimum atomic E-state index is 0.0277. The molecule has 0 heterocycles. The molecular weight excluding hydrogens is 112 g/mol. The Morgan fingerprint density at radius 2 is 2.22 bits per heavy atom. The van der Waals surface area contributed by atoms with Gasteiger partial charge in [-0.05, 0) is 24.7 Å². The lowest BCUT2D eigenvalue weighted by Crippen LogP contribution is -2.35. The molecule has 0 spiro atoms. The van der Waals surface area contributed by atoms with Gasteiger partial charge in [-0.2, -0.15) is 0 Å². The number of hydrogen-bond acceptors (Lipinski definition) is 1. The molecule has 0 radical (unpaired) electrons. The summed E-state index contributed by atoms with van der Waals surface area (Å²) in [6.07, 6.45) is 3.52. The van der Waals surface area contributed by atoms with Crippen molar-refractivity contribution in [2.45, 2.75) is 39.2 Å². The van der Waals surface area contributed by atoms with E-state index in [1.807, 2.05) is 0 Å². The highest BCUT2D eigenvalue weighted by Gasteiger charge is 2.31. The summed E-state index contributed by atoms with van der Waals surface area (Å²) in [5.41, 5.74) is 0. The largest absolute Gasteiger partial charge is 0.393 e. The summed E-state index contributed by atoms with van der Waals surface area (Å²) in [5.74, 6) is 1.35. The van der Waals surface area contributed by atoms with E-state index >= 15 is 0 Å². The maximum atomic E-state index is 9.21. The molecule has 3 unspecified atom stereocenters. The molecule has 1 rings (SSSR count). The average molecular weight is 128 g/mol.